The third-order valence-corrected chi connectivity index (χ3v) is 6.33. The second-order valence-electron chi connectivity index (χ2n) is 6.64. The van der Waals surface area contributed by atoms with Gasteiger partial charge in [0.15, 0.2) is 5.03 Å². The summed E-state index contributed by atoms with van der Waals surface area (Å²) in [4.78, 5) is 3.94. The number of benzene rings is 1. The van der Waals surface area contributed by atoms with E-state index >= 15 is 0 Å². The topological polar surface area (TPSA) is 130 Å². The van der Waals surface area contributed by atoms with Gasteiger partial charge in [0.1, 0.15) is 29.3 Å². The molecular weight excluding hydrogens is 387 g/mol. The quantitative estimate of drug-likeness (QED) is 0.741. The van der Waals surface area contributed by atoms with E-state index in [1.54, 1.807) is 19.1 Å². The van der Waals surface area contributed by atoms with Crippen molar-refractivity contribution < 1.29 is 22.7 Å². The van der Waals surface area contributed by atoms with Gasteiger partial charge in [-0.25, -0.2) is 17.8 Å². The van der Waals surface area contributed by atoms with Crippen molar-refractivity contribution in [1.29, 1.82) is 5.26 Å². The summed E-state index contributed by atoms with van der Waals surface area (Å²) >= 11 is 0. The lowest BCUT2D eigenvalue weighted by atomic mass is 10.0. The van der Waals surface area contributed by atoms with Crippen LogP contribution in [-0.2, 0) is 10.0 Å². The molecule has 1 aromatic heterocycles. The molecule has 28 heavy (non-hydrogen) atoms. The molecule has 148 valence electrons. The molecule has 0 saturated carbocycles. The fourth-order valence-electron chi connectivity index (χ4n) is 2.92. The summed E-state index contributed by atoms with van der Waals surface area (Å²) in [5.74, 6) is -0.719. The molecule has 3 rings (SSSR count). The zero-order valence-corrected chi connectivity index (χ0v) is 15.9. The fraction of sp³-hybridized carbons (Fsp3) is 0.333. The molecule has 1 saturated heterocycles. The Bertz CT molecular complexity index is 1020. The predicted octanol–water partition coefficient (Wildman–Crippen LogP) is 0.542. The molecular formula is C18H19FN4O4S. The first-order valence-corrected chi connectivity index (χ1v) is 9.85. The van der Waals surface area contributed by atoms with Crippen molar-refractivity contribution in [2.75, 3.05) is 19.6 Å². The molecule has 8 nitrogen and oxygen atoms in total. The number of hydrogen-bond donors (Lipinski definition) is 2. The van der Waals surface area contributed by atoms with Crippen molar-refractivity contribution in [2.24, 2.45) is 5.73 Å². The number of sulfonamides is 1. The van der Waals surface area contributed by atoms with Crippen molar-refractivity contribution in [3.05, 3.63) is 53.5 Å². The molecule has 0 amide bonds. The summed E-state index contributed by atoms with van der Waals surface area (Å²) in [5, 5.41) is 19.4. The van der Waals surface area contributed by atoms with Gasteiger partial charge in [0.2, 0.25) is 0 Å². The molecule has 0 radical (unpaired) electrons. The first-order valence-electron chi connectivity index (χ1n) is 8.41. The summed E-state index contributed by atoms with van der Waals surface area (Å²) in [6.07, 6.45) is 0.413. The molecule has 0 spiro atoms. The number of halogens is 1. The highest BCUT2D eigenvalue weighted by Crippen LogP contribution is 2.30. The number of pyridine rings is 1. The number of aliphatic hydroxyl groups is 1. The van der Waals surface area contributed by atoms with Crippen molar-refractivity contribution >= 4 is 10.0 Å². The lowest BCUT2D eigenvalue weighted by Crippen LogP contribution is -2.50. The molecule has 3 N–H and O–H groups in total. The Hall–Kier alpha value is -2.58. The number of nitrogens with two attached hydrogens (primary N) is 1. The van der Waals surface area contributed by atoms with E-state index in [0.717, 1.165) is 15.9 Å². The molecule has 10 heteroatoms. The standard InChI is InChI=1S/C18H19FN4O4S/c1-12-2-5-17(22-8-12)28(25,26)23-9-16(18(24,10-21)11-23)27-14-4-3-13(7-20)15(19)6-14/h2-6,8,16,24H,9-11,21H2,1H3/t16-,18-/m0/s1. The second-order valence-corrected chi connectivity index (χ2v) is 8.52. The van der Waals surface area contributed by atoms with Crippen LogP contribution in [-0.4, -0.2) is 54.2 Å². The van der Waals surface area contributed by atoms with Gasteiger partial charge < -0.3 is 15.6 Å². The lowest BCUT2D eigenvalue weighted by Gasteiger charge is -2.27. The van der Waals surface area contributed by atoms with Crippen LogP contribution in [0, 0.1) is 24.1 Å². The number of ether oxygens (including phenoxy) is 1. The van der Waals surface area contributed by atoms with Gasteiger partial charge in [-0.2, -0.15) is 9.57 Å². The van der Waals surface area contributed by atoms with Crippen LogP contribution in [0.2, 0.25) is 0 Å². The van der Waals surface area contributed by atoms with Crippen LogP contribution in [0.5, 0.6) is 5.75 Å². The van der Waals surface area contributed by atoms with Crippen LogP contribution in [0.4, 0.5) is 4.39 Å². The highest BCUT2D eigenvalue weighted by molar-refractivity contribution is 7.89. The van der Waals surface area contributed by atoms with Crippen LogP contribution in [0.15, 0.2) is 41.6 Å². The predicted molar refractivity (Wildman–Crippen MR) is 97.3 cm³/mol. The fourth-order valence-corrected chi connectivity index (χ4v) is 4.33. The molecule has 1 aromatic carbocycles. The van der Waals surface area contributed by atoms with Gasteiger partial charge in [-0.05, 0) is 30.7 Å². The van der Waals surface area contributed by atoms with Gasteiger partial charge in [-0.15, -0.1) is 0 Å². The molecule has 2 heterocycles. The maximum Gasteiger partial charge on any atom is 0.260 e. The molecule has 0 bridgehead atoms. The molecule has 0 aliphatic carbocycles. The van der Waals surface area contributed by atoms with Crippen molar-refractivity contribution in [2.45, 2.75) is 23.7 Å². The largest absolute Gasteiger partial charge is 0.486 e. The van der Waals surface area contributed by atoms with Crippen molar-refractivity contribution in [3.8, 4) is 11.8 Å². The molecule has 2 aromatic rings. The summed E-state index contributed by atoms with van der Waals surface area (Å²) < 4.78 is 46.2. The first kappa shape index (κ1) is 20.2. The van der Waals surface area contributed by atoms with Crippen LogP contribution in [0.3, 0.4) is 0 Å². The van der Waals surface area contributed by atoms with Crippen LogP contribution in [0.1, 0.15) is 11.1 Å². The minimum atomic E-state index is -3.97. The van der Waals surface area contributed by atoms with Crippen LogP contribution < -0.4 is 10.5 Å². The number of nitriles is 1. The van der Waals surface area contributed by atoms with E-state index in [1.807, 2.05) is 0 Å². The maximum atomic E-state index is 13.8. The van der Waals surface area contributed by atoms with E-state index in [0.29, 0.717) is 0 Å². The van der Waals surface area contributed by atoms with E-state index in [2.05, 4.69) is 4.98 Å². The Morgan fingerprint density at radius 2 is 2.21 bits per heavy atom. The smallest absolute Gasteiger partial charge is 0.260 e. The van der Waals surface area contributed by atoms with Crippen molar-refractivity contribution in [1.82, 2.24) is 9.29 Å². The zero-order valence-electron chi connectivity index (χ0n) is 15.0. The average Bonchev–Trinajstić information content (AvgIpc) is 3.00. The van der Waals surface area contributed by atoms with E-state index in [-0.39, 0.29) is 36.0 Å². The molecule has 1 fully saturated rings. The molecule has 0 unspecified atom stereocenters. The Morgan fingerprint density at radius 3 is 2.79 bits per heavy atom. The monoisotopic (exact) mass is 406 g/mol. The summed E-state index contributed by atoms with van der Waals surface area (Å²) in [5.41, 5.74) is 4.66. The van der Waals surface area contributed by atoms with Gasteiger partial charge in [-0.3, -0.25) is 0 Å². The van der Waals surface area contributed by atoms with Crippen LogP contribution >= 0.6 is 0 Å². The Labute approximate surface area is 162 Å². The summed E-state index contributed by atoms with van der Waals surface area (Å²) in [6, 6.07) is 8.33. The third kappa shape index (κ3) is 3.70. The van der Waals surface area contributed by atoms with Gasteiger partial charge >= 0.3 is 0 Å². The van der Waals surface area contributed by atoms with E-state index in [4.69, 9.17) is 15.7 Å². The van der Waals surface area contributed by atoms with Gasteiger partial charge in [-0.1, -0.05) is 6.07 Å². The number of rotatable bonds is 5. The van der Waals surface area contributed by atoms with E-state index in [9.17, 15) is 17.9 Å². The lowest BCUT2D eigenvalue weighted by molar-refractivity contribution is -0.0201. The summed E-state index contributed by atoms with van der Waals surface area (Å²) in [6.45, 7) is 1.05. The van der Waals surface area contributed by atoms with Crippen molar-refractivity contribution in [3.63, 3.8) is 0 Å². The number of hydrogen-bond acceptors (Lipinski definition) is 7. The third-order valence-electron chi connectivity index (χ3n) is 4.60. The number of aryl methyl sites for hydroxylation is 1. The molecule has 1 aliphatic heterocycles. The zero-order chi connectivity index (χ0) is 20.5. The molecule has 1 aliphatic rings. The highest BCUT2D eigenvalue weighted by Gasteiger charge is 2.50. The Kier molecular flexibility index (Phi) is 5.36. The van der Waals surface area contributed by atoms with E-state index in [1.165, 1.54) is 24.4 Å². The SMILES string of the molecule is Cc1ccc(S(=O)(=O)N2C[C@H](Oc3ccc(C#N)c(F)c3)[C@](O)(CN)C2)nc1. The minimum absolute atomic E-state index is 0.0566. The minimum Gasteiger partial charge on any atom is -0.486 e. The van der Waals surface area contributed by atoms with Gasteiger partial charge in [0, 0.05) is 25.4 Å². The van der Waals surface area contributed by atoms with Crippen LogP contribution in [0.25, 0.3) is 0 Å². The molecule has 2 atom stereocenters. The number of β-amino-alcohol motifs (C(OH)–C–C–N with tert-alkyl or cyclic N) is 1. The first-order chi connectivity index (χ1) is 13.2. The Morgan fingerprint density at radius 1 is 1.46 bits per heavy atom. The highest BCUT2D eigenvalue weighted by atomic mass is 32.2. The van der Waals surface area contributed by atoms with E-state index < -0.39 is 27.5 Å². The second kappa shape index (κ2) is 7.44. The summed E-state index contributed by atoms with van der Waals surface area (Å²) in [7, 11) is -3.97. The van der Waals surface area contributed by atoms with Gasteiger partial charge in [0.25, 0.3) is 10.0 Å². The number of aromatic nitrogens is 1. The average molecular weight is 406 g/mol. The Balaban J connectivity index is 1.86. The number of nitrogens with zero attached hydrogens (tertiary/aromatic N) is 3. The van der Waals surface area contributed by atoms with Gasteiger partial charge in [0.05, 0.1) is 12.1 Å². The normalized spacial score (nSPS) is 22.8. The maximum absolute atomic E-state index is 13.8.